The lowest BCUT2D eigenvalue weighted by Crippen LogP contribution is -2.39. The molecule has 2 heterocycles. The van der Waals surface area contributed by atoms with Crippen molar-refractivity contribution in [2.45, 2.75) is 12.8 Å². The SMILES string of the molecule is Nc1c(Cl)cc(C(=O)NCC2CCN(CCF)CC2)c2ncccc12. The van der Waals surface area contributed by atoms with Gasteiger partial charge in [0.15, 0.2) is 0 Å². The van der Waals surface area contributed by atoms with Gasteiger partial charge < -0.3 is 16.0 Å². The van der Waals surface area contributed by atoms with Gasteiger partial charge in [-0.25, -0.2) is 4.39 Å². The van der Waals surface area contributed by atoms with Crippen molar-refractivity contribution in [3.05, 3.63) is 35.0 Å². The third-order valence-electron chi connectivity index (χ3n) is 4.79. The summed E-state index contributed by atoms with van der Waals surface area (Å²) in [5, 5.41) is 4.02. The van der Waals surface area contributed by atoms with Crippen LogP contribution in [0.5, 0.6) is 0 Å². The van der Waals surface area contributed by atoms with Gasteiger partial charge in [0.2, 0.25) is 0 Å². The summed E-state index contributed by atoms with van der Waals surface area (Å²) < 4.78 is 12.4. The average Bonchev–Trinajstić information content (AvgIpc) is 2.64. The maximum atomic E-state index is 12.6. The summed E-state index contributed by atoms with van der Waals surface area (Å²) in [7, 11) is 0. The Morgan fingerprint density at radius 2 is 2.20 bits per heavy atom. The van der Waals surface area contributed by atoms with E-state index >= 15 is 0 Å². The minimum atomic E-state index is -0.306. The van der Waals surface area contributed by atoms with Gasteiger partial charge in [-0.1, -0.05) is 11.6 Å². The topological polar surface area (TPSA) is 71.2 Å². The third-order valence-corrected chi connectivity index (χ3v) is 5.10. The molecule has 1 fully saturated rings. The molecule has 0 saturated carbocycles. The van der Waals surface area contributed by atoms with Crippen LogP contribution >= 0.6 is 11.6 Å². The van der Waals surface area contributed by atoms with Crippen LogP contribution in [-0.2, 0) is 0 Å². The Morgan fingerprint density at radius 3 is 2.92 bits per heavy atom. The van der Waals surface area contributed by atoms with Gasteiger partial charge in [0.05, 0.1) is 21.8 Å². The van der Waals surface area contributed by atoms with Gasteiger partial charge in [-0.2, -0.15) is 0 Å². The Bertz CT molecular complexity index is 762. The summed E-state index contributed by atoms with van der Waals surface area (Å²) in [4.78, 5) is 19.0. The first-order valence-corrected chi connectivity index (χ1v) is 8.87. The molecule has 5 nitrogen and oxygen atoms in total. The Hall–Kier alpha value is -1.92. The molecule has 0 atom stereocenters. The highest BCUT2D eigenvalue weighted by Gasteiger charge is 2.21. The number of aromatic nitrogens is 1. The zero-order valence-corrected chi connectivity index (χ0v) is 14.7. The number of hydrogen-bond acceptors (Lipinski definition) is 4. The number of carbonyl (C=O) groups is 1. The molecule has 0 spiro atoms. The van der Waals surface area contributed by atoms with Crippen LogP contribution < -0.4 is 11.1 Å². The van der Waals surface area contributed by atoms with E-state index in [0.29, 0.717) is 46.2 Å². The van der Waals surface area contributed by atoms with Gasteiger partial charge in [0.25, 0.3) is 5.91 Å². The molecule has 3 N–H and O–H groups in total. The Kier molecular flexibility index (Phi) is 5.71. The van der Waals surface area contributed by atoms with Crippen LogP contribution in [0.1, 0.15) is 23.2 Å². The van der Waals surface area contributed by atoms with E-state index < -0.39 is 0 Å². The van der Waals surface area contributed by atoms with Crippen LogP contribution in [0, 0.1) is 5.92 Å². The molecular weight excluding hydrogens is 343 g/mol. The molecule has 1 aromatic heterocycles. The lowest BCUT2D eigenvalue weighted by Gasteiger charge is -2.31. The lowest BCUT2D eigenvalue weighted by molar-refractivity contribution is 0.0937. The number of likely N-dealkylation sites (tertiary alicyclic amines) is 1. The van der Waals surface area contributed by atoms with Gasteiger partial charge in [0.1, 0.15) is 6.67 Å². The van der Waals surface area contributed by atoms with Gasteiger partial charge in [-0.3, -0.25) is 9.78 Å². The second-order valence-electron chi connectivity index (χ2n) is 6.40. The Balaban J connectivity index is 1.66. The van der Waals surface area contributed by atoms with Crippen molar-refractivity contribution in [1.29, 1.82) is 0 Å². The van der Waals surface area contributed by atoms with E-state index in [1.807, 2.05) is 0 Å². The number of pyridine rings is 1. The maximum absolute atomic E-state index is 12.6. The van der Waals surface area contributed by atoms with Crippen LogP contribution in [0.4, 0.5) is 10.1 Å². The van der Waals surface area contributed by atoms with Crippen LogP contribution in [0.25, 0.3) is 10.9 Å². The molecule has 1 saturated heterocycles. The largest absolute Gasteiger partial charge is 0.397 e. The van der Waals surface area contributed by atoms with Crippen molar-refractivity contribution in [2.24, 2.45) is 5.92 Å². The number of nitrogens with one attached hydrogen (secondary N) is 1. The van der Waals surface area contributed by atoms with Crippen molar-refractivity contribution in [3.63, 3.8) is 0 Å². The van der Waals surface area contributed by atoms with E-state index in [4.69, 9.17) is 17.3 Å². The number of halogens is 2. The average molecular weight is 365 g/mol. The fraction of sp³-hybridized carbons (Fsp3) is 0.444. The fourth-order valence-electron chi connectivity index (χ4n) is 3.28. The fourth-order valence-corrected chi connectivity index (χ4v) is 3.49. The molecule has 0 unspecified atom stereocenters. The zero-order valence-electron chi connectivity index (χ0n) is 14.0. The third kappa shape index (κ3) is 4.02. The molecule has 1 amide bonds. The van der Waals surface area contributed by atoms with Crippen LogP contribution in [-0.4, -0.2) is 48.6 Å². The molecule has 7 heteroatoms. The number of benzene rings is 1. The van der Waals surface area contributed by atoms with E-state index in [-0.39, 0.29) is 12.6 Å². The summed E-state index contributed by atoms with van der Waals surface area (Å²) in [6, 6.07) is 5.15. The molecule has 0 radical (unpaired) electrons. The second kappa shape index (κ2) is 7.97. The van der Waals surface area contributed by atoms with Crippen LogP contribution in [0.15, 0.2) is 24.4 Å². The highest BCUT2D eigenvalue weighted by Crippen LogP contribution is 2.30. The molecule has 1 aromatic carbocycles. The summed E-state index contributed by atoms with van der Waals surface area (Å²) in [5.41, 5.74) is 7.40. The standard InChI is InChI=1S/C18H22ClFN4O/c19-15-10-14(17-13(16(15)21)2-1-6-22-17)18(25)23-11-12-3-7-24(8-4-12)9-5-20/h1-2,6,10,12H,3-5,7-9,11,21H2,(H,23,25). The number of nitrogen functional groups attached to an aromatic ring is 1. The molecule has 25 heavy (non-hydrogen) atoms. The number of nitrogens with zero attached hydrogens (tertiary/aromatic N) is 2. The number of nitrogens with two attached hydrogens (primary N) is 1. The summed E-state index contributed by atoms with van der Waals surface area (Å²) in [6.45, 7) is 2.55. The number of anilines is 1. The monoisotopic (exact) mass is 364 g/mol. The number of rotatable bonds is 5. The highest BCUT2D eigenvalue weighted by atomic mass is 35.5. The smallest absolute Gasteiger partial charge is 0.253 e. The first-order valence-electron chi connectivity index (χ1n) is 8.49. The quantitative estimate of drug-likeness (QED) is 0.800. The minimum Gasteiger partial charge on any atom is -0.397 e. The van der Waals surface area contributed by atoms with Gasteiger partial charge in [0, 0.05) is 24.7 Å². The first kappa shape index (κ1) is 17.9. The maximum Gasteiger partial charge on any atom is 0.253 e. The van der Waals surface area contributed by atoms with E-state index in [2.05, 4.69) is 15.2 Å². The molecule has 0 bridgehead atoms. The Labute approximate surface area is 151 Å². The summed E-state index contributed by atoms with van der Waals surface area (Å²) in [6.07, 6.45) is 3.55. The van der Waals surface area contributed by atoms with Crippen molar-refractivity contribution < 1.29 is 9.18 Å². The van der Waals surface area contributed by atoms with Crippen molar-refractivity contribution >= 4 is 34.1 Å². The normalized spacial score (nSPS) is 16.2. The molecular formula is C18H22ClFN4O. The molecule has 1 aliphatic rings. The van der Waals surface area contributed by atoms with Gasteiger partial charge >= 0.3 is 0 Å². The molecule has 3 rings (SSSR count). The van der Waals surface area contributed by atoms with E-state index in [1.165, 1.54) is 0 Å². The summed E-state index contributed by atoms with van der Waals surface area (Å²) in [5.74, 6) is 0.208. The van der Waals surface area contributed by atoms with Crippen LogP contribution in [0.3, 0.4) is 0 Å². The number of carbonyl (C=O) groups excluding carboxylic acids is 1. The van der Waals surface area contributed by atoms with E-state index in [1.54, 1.807) is 24.4 Å². The molecule has 2 aromatic rings. The molecule has 134 valence electrons. The van der Waals surface area contributed by atoms with E-state index in [0.717, 1.165) is 25.9 Å². The highest BCUT2D eigenvalue weighted by molar-refractivity contribution is 6.35. The number of amides is 1. The second-order valence-corrected chi connectivity index (χ2v) is 6.81. The van der Waals surface area contributed by atoms with Crippen LogP contribution in [0.2, 0.25) is 5.02 Å². The number of fused-ring (bicyclic) bond motifs is 1. The number of hydrogen-bond donors (Lipinski definition) is 2. The Morgan fingerprint density at radius 1 is 1.44 bits per heavy atom. The predicted octanol–water partition coefficient (Wildman–Crippen LogP) is 2.88. The number of alkyl halides is 1. The van der Waals surface area contributed by atoms with E-state index in [9.17, 15) is 9.18 Å². The zero-order chi connectivity index (χ0) is 17.8. The number of piperidine rings is 1. The van der Waals surface area contributed by atoms with Gasteiger partial charge in [-0.15, -0.1) is 0 Å². The predicted molar refractivity (Wildman–Crippen MR) is 98.6 cm³/mol. The van der Waals surface area contributed by atoms with Gasteiger partial charge in [-0.05, 0) is 50.0 Å². The lowest BCUT2D eigenvalue weighted by atomic mass is 9.96. The summed E-state index contributed by atoms with van der Waals surface area (Å²) >= 11 is 6.16. The first-order chi connectivity index (χ1) is 12.1. The van der Waals surface area contributed by atoms with Crippen molar-refractivity contribution in [1.82, 2.24) is 15.2 Å². The van der Waals surface area contributed by atoms with Crippen molar-refractivity contribution in [3.8, 4) is 0 Å². The molecule has 0 aliphatic carbocycles. The minimum absolute atomic E-state index is 0.197. The van der Waals surface area contributed by atoms with Crippen molar-refractivity contribution in [2.75, 3.05) is 38.6 Å². The molecule has 1 aliphatic heterocycles.